The van der Waals surface area contributed by atoms with Crippen LogP contribution in [-0.2, 0) is 34.0 Å². The molecule has 2 atom stereocenters. The first kappa shape index (κ1) is 30.6. The molecule has 0 aliphatic heterocycles. The topological polar surface area (TPSA) is 124 Å². The molecule has 0 saturated heterocycles. The van der Waals surface area contributed by atoms with Crippen molar-refractivity contribution in [3.8, 4) is 0 Å². The zero-order valence-corrected chi connectivity index (χ0v) is 24.6. The van der Waals surface area contributed by atoms with Crippen LogP contribution in [0.4, 0.5) is 14.4 Å². The number of carbonyl (C=O) groups excluding carboxylic acids is 3. The molecule has 1 heterocycles. The summed E-state index contributed by atoms with van der Waals surface area (Å²) in [6.07, 6.45) is -1.78. The Morgan fingerprint density at radius 3 is 1.73 bits per heavy atom. The quantitative estimate of drug-likeness (QED) is 0.140. The van der Waals surface area contributed by atoms with Crippen LogP contribution in [-0.4, -0.2) is 39.1 Å². The van der Waals surface area contributed by atoms with E-state index in [0.29, 0.717) is 5.52 Å². The Labute approximate surface area is 260 Å². The Morgan fingerprint density at radius 1 is 0.689 bits per heavy atom. The number of rotatable bonds is 10. The average Bonchev–Trinajstić information content (AvgIpc) is 3.52. The van der Waals surface area contributed by atoms with Gasteiger partial charge in [-0.25, -0.2) is 29.5 Å². The molecular formula is C34H33N5O6. The third-order valence-electron chi connectivity index (χ3n) is 6.89. The Kier molecular flexibility index (Phi) is 10.2. The second kappa shape index (κ2) is 15.1. The Balaban J connectivity index is 1.38. The minimum Gasteiger partial charge on any atom is -0.445 e. The molecule has 5 aromatic rings. The minimum atomic E-state index is -1.00. The van der Waals surface area contributed by atoms with Gasteiger partial charge < -0.3 is 14.2 Å². The van der Waals surface area contributed by atoms with Gasteiger partial charge in [-0.1, -0.05) is 109 Å². The van der Waals surface area contributed by atoms with Gasteiger partial charge >= 0.3 is 18.3 Å². The highest BCUT2D eigenvalue weighted by atomic mass is 16.6. The lowest BCUT2D eigenvalue weighted by atomic mass is 10.2. The zero-order valence-electron chi connectivity index (χ0n) is 24.6. The first-order valence-electron chi connectivity index (χ1n) is 14.3. The number of benzene rings is 4. The number of hydrogen-bond acceptors (Lipinski definition) is 7. The molecule has 0 fully saturated rings. The van der Waals surface area contributed by atoms with E-state index in [1.807, 2.05) is 115 Å². The molecule has 0 bridgehead atoms. The Morgan fingerprint density at radius 2 is 1.18 bits per heavy atom. The van der Waals surface area contributed by atoms with Crippen molar-refractivity contribution >= 4 is 29.2 Å². The molecule has 0 spiro atoms. The predicted octanol–water partition coefficient (Wildman–Crippen LogP) is 6.33. The van der Waals surface area contributed by atoms with E-state index >= 15 is 0 Å². The number of alkyl carbamates (subject to hydrolysis) is 1. The number of aromatic nitrogens is 2. The third-order valence-corrected chi connectivity index (χ3v) is 6.89. The monoisotopic (exact) mass is 607 g/mol. The third kappa shape index (κ3) is 8.60. The number of amides is 3. The van der Waals surface area contributed by atoms with Gasteiger partial charge in [-0.3, -0.25) is 5.32 Å². The predicted molar refractivity (Wildman–Crippen MR) is 166 cm³/mol. The van der Waals surface area contributed by atoms with Crippen molar-refractivity contribution in [2.75, 3.05) is 0 Å². The normalized spacial score (nSPS) is 12.0. The Hall–Kier alpha value is -5.84. The number of hydrazine groups is 1. The molecule has 45 heavy (non-hydrogen) atoms. The van der Waals surface area contributed by atoms with Gasteiger partial charge in [0, 0.05) is 11.6 Å². The van der Waals surface area contributed by atoms with Crippen LogP contribution in [0.15, 0.2) is 121 Å². The van der Waals surface area contributed by atoms with E-state index in [-0.39, 0.29) is 19.8 Å². The number of nitrogens with one attached hydrogen (secondary N) is 2. The summed E-state index contributed by atoms with van der Waals surface area (Å²) in [4.78, 5) is 39.6. The van der Waals surface area contributed by atoms with Gasteiger partial charge in [-0.2, -0.15) is 5.10 Å². The van der Waals surface area contributed by atoms with Crippen LogP contribution in [0.2, 0.25) is 0 Å². The van der Waals surface area contributed by atoms with E-state index in [0.717, 1.165) is 27.1 Å². The first-order chi connectivity index (χ1) is 22.0. The molecule has 0 radical (unpaired) electrons. The summed E-state index contributed by atoms with van der Waals surface area (Å²) in [5.41, 5.74) is 5.49. The van der Waals surface area contributed by atoms with Crippen molar-refractivity contribution in [2.24, 2.45) is 0 Å². The summed E-state index contributed by atoms with van der Waals surface area (Å²) in [6.45, 7) is 1.59. The molecule has 3 amide bonds. The van der Waals surface area contributed by atoms with Crippen molar-refractivity contribution in [1.29, 1.82) is 0 Å². The van der Waals surface area contributed by atoms with E-state index < -0.39 is 30.5 Å². The molecule has 0 saturated carbocycles. The number of fused-ring (bicyclic) bond motifs is 1. The van der Waals surface area contributed by atoms with Crippen LogP contribution in [0.5, 0.6) is 0 Å². The fourth-order valence-corrected chi connectivity index (χ4v) is 4.52. The summed E-state index contributed by atoms with van der Waals surface area (Å²) in [5.74, 6) is 0. The smallest absolute Gasteiger partial charge is 0.429 e. The van der Waals surface area contributed by atoms with E-state index in [1.54, 1.807) is 13.1 Å². The lowest BCUT2D eigenvalue weighted by Crippen LogP contribution is -2.57. The molecule has 11 heteroatoms. The van der Waals surface area contributed by atoms with Crippen molar-refractivity contribution in [1.82, 2.24) is 25.5 Å². The van der Waals surface area contributed by atoms with Gasteiger partial charge in [0.05, 0.1) is 11.6 Å². The first-order valence-corrected chi connectivity index (χ1v) is 14.3. The van der Waals surface area contributed by atoms with Gasteiger partial charge in [0.25, 0.3) is 0 Å². The second-order valence-corrected chi connectivity index (χ2v) is 10.1. The molecular weight excluding hydrogens is 574 g/mol. The average molecular weight is 608 g/mol. The SMILES string of the molecule is C[C@@H](C(NC(=O)OCc1ccccc1)n1cc2ccccc2n1)N(NC(=O)OCc1ccccc1)C(=O)OCc1ccccc1. The minimum absolute atomic E-state index is 0.0218. The molecule has 0 aliphatic carbocycles. The molecule has 5 rings (SSSR count). The number of carbonyl (C=O) groups is 3. The van der Waals surface area contributed by atoms with E-state index in [2.05, 4.69) is 15.8 Å². The van der Waals surface area contributed by atoms with Crippen molar-refractivity contribution < 1.29 is 28.6 Å². The van der Waals surface area contributed by atoms with Gasteiger partial charge in [0.1, 0.15) is 26.0 Å². The molecule has 4 aromatic carbocycles. The molecule has 1 unspecified atom stereocenters. The van der Waals surface area contributed by atoms with Crippen molar-refractivity contribution in [3.63, 3.8) is 0 Å². The van der Waals surface area contributed by atoms with Crippen LogP contribution in [0.1, 0.15) is 29.8 Å². The lowest BCUT2D eigenvalue weighted by molar-refractivity contribution is 0.0316. The van der Waals surface area contributed by atoms with Crippen molar-refractivity contribution in [3.05, 3.63) is 138 Å². The standard InChI is InChI=1S/C34H33N5O6/c1-25(31(38-21-29-19-11-12-20-30(29)36-38)35-32(40)43-22-26-13-5-2-6-14-26)39(34(42)45-24-28-17-9-4-10-18-28)37-33(41)44-23-27-15-7-3-8-16-27/h2-21,25,31H,22-24H2,1H3,(H,35,40)(H,37,41)/t25-,31?/m0/s1. The van der Waals surface area contributed by atoms with Gasteiger partial charge in [-0.15, -0.1) is 0 Å². The summed E-state index contributed by atoms with van der Waals surface area (Å²) in [7, 11) is 0. The lowest BCUT2D eigenvalue weighted by Gasteiger charge is -2.33. The second-order valence-electron chi connectivity index (χ2n) is 10.1. The van der Waals surface area contributed by atoms with Crippen LogP contribution in [0.3, 0.4) is 0 Å². The summed E-state index contributed by atoms with van der Waals surface area (Å²) in [6, 6.07) is 33.9. The highest BCUT2D eigenvalue weighted by Gasteiger charge is 2.34. The van der Waals surface area contributed by atoms with Gasteiger partial charge in [-0.05, 0) is 29.7 Å². The summed E-state index contributed by atoms with van der Waals surface area (Å²) < 4.78 is 18.0. The largest absolute Gasteiger partial charge is 0.445 e. The van der Waals surface area contributed by atoms with E-state index in [9.17, 15) is 14.4 Å². The number of hydrogen-bond donors (Lipinski definition) is 2. The van der Waals surface area contributed by atoms with Crippen molar-refractivity contribution in [2.45, 2.75) is 39.0 Å². The molecule has 2 N–H and O–H groups in total. The van der Waals surface area contributed by atoms with Crippen LogP contribution in [0, 0.1) is 0 Å². The van der Waals surface area contributed by atoms with Gasteiger partial charge in [0.2, 0.25) is 0 Å². The van der Waals surface area contributed by atoms with Crippen LogP contribution in [0.25, 0.3) is 10.9 Å². The molecule has 230 valence electrons. The zero-order chi connectivity index (χ0) is 31.4. The maximum Gasteiger partial charge on any atom is 0.429 e. The maximum atomic E-state index is 13.5. The summed E-state index contributed by atoms with van der Waals surface area (Å²) >= 11 is 0. The highest BCUT2D eigenvalue weighted by molar-refractivity contribution is 5.78. The molecule has 11 nitrogen and oxygen atoms in total. The molecule has 0 aliphatic rings. The van der Waals surface area contributed by atoms with Crippen LogP contribution >= 0.6 is 0 Å². The van der Waals surface area contributed by atoms with E-state index in [1.165, 1.54) is 4.68 Å². The van der Waals surface area contributed by atoms with Crippen LogP contribution < -0.4 is 10.7 Å². The maximum absolute atomic E-state index is 13.5. The Bertz CT molecular complexity index is 1660. The molecule has 1 aromatic heterocycles. The number of nitrogens with zero attached hydrogens (tertiary/aromatic N) is 3. The highest BCUT2D eigenvalue weighted by Crippen LogP contribution is 2.20. The number of ether oxygens (including phenoxy) is 3. The fourth-order valence-electron chi connectivity index (χ4n) is 4.52. The summed E-state index contributed by atoms with van der Waals surface area (Å²) in [5, 5.41) is 9.21. The van der Waals surface area contributed by atoms with E-state index in [4.69, 9.17) is 14.2 Å². The fraction of sp³-hybridized carbons (Fsp3) is 0.176. The van der Waals surface area contributed by atoms with Gasteiger partial charge in [0.15, 0.2) is 0 Å².